The van der Waals surface area contributed by atoms with Crippen molar-refractivity contribution in [1.82, 2.24) is 15.1 Å². The van der Waals surface area contributed by atoms with Crippen molar-refractivity contribution < 1.29 is 23.0 Å². The zero-order valence-corrected chi connectivity index (χ0v) is 13.3. The Kier molecular flexibility index (Phi) is 6.28. The van der Waals surface area contributed by atoms with Crippen molar-refractivity contribution in [2.75, 3.05) is 7.11 Å². The summed E-state index contributed by atoms with van der Waals surface area (Å²) in [6, 6.07) is 5.88. The fourth-order valence-corrected chi connectivity index (χ4v) is 1.98. The van der Waals surface area contributed by atoms with Gasteiger partial charge in [0.2, 0.25) is 0 Å². The van der Waals surface area contributed by atoms with E-state index in [-0.39, 0.29) is 24.7 Å². The quantitative estimate of drug-likeness (QED) is 0.869. The van der Waals surface area contributed by atoms with Gasteiger partial charge in [-0.15, -0.1) is 12.4 Å². The van der Waals surface area contributed by atoms with Gasteiger partial charge in [-0.3, -0.25) is 4.68 Å². The number of alkyl halides is 3. The Bertz CT molecular complexity index is 659. The lowest BCUT2D eigenvalue weighted by Crippen LogP contribution is -2.15. The second-order valence-corrected chi connectivity index (χ2v) is 4.75. The number of nitrogens with zero attached hydrogens (tertiary/aromatic N) is 2. The monoisotopic (exact) mass is 351 g/mol. The van der Waals surface area contributed by atoms with Gasteiger partial charge < -0.3 is 15.2 Å². The zero-order chi connectivity index (χ0) is 16.3. The van der Waals surface area contributed by atoms with E-state index in [0.29, 0.717) is 18.0 Å². The lowest BCUT2D eigenvalue weighted by molar-refractivity contribution is -0.141. The number of aromatic nitrogens is 2. The van der Waals surface area contributed by atoms with Gasteiger partial charge in [-0.1, -0.05) is 6.07 Å². The molecule has 1 aromatic carbocycles. The number of aryl methyl sites for hydroxylation is 1. The molecule has 2 aromatic rings. The summed E-state index contributed by atoms with van der Waals surface area (Å²) < 4.78 is 43.9. The first-order valence-corrected chi connectivity index (χ1v) is 6.48. The van der Waals surface area contributed by atoms with Crippen molar-refractivity contribution in [2.45, 2.75) is 19.3 Å². The third-order valence-electron chi connectivity index (χ3n) is 3.15. The summed E-state index contributed by atoms with van der Waals surface area (Å²) in [5.74, 6) is 0.381. The summed E-state index contributed by atoms with van der Waals surface area (Å²) in [5, 5.41) is 16.0. The predicted octanol–water partition coefficient (Wildman–Crippen LogP) is 2.86. The van der Waals surface area contributed by atoms with Crippen LogP contribution in [0, 0.1) is 0 Å². The number of halogens is 4. The second-order valence-electron chi connectivity index (χ2n) is 4.75. The molecular weight excluding hydrogens is 335 g/mol. The SMILES string of the molecule is COc1cc(CNCc2cc(C(F)(F)F)nn2C)ccc1O.Cl. The molecule has 0 aliphatic heterocycles. The van der Waals surface area contributed by atoms with Crippen LogP contribution in [0.4, 0.5) is 13.2 Å². The maximum Gasteiger partial charge on any atom is 0.435 e. The summed E-state index contributed by atoms with van der Waals surface area (Å²) in [6.07, 6.45) is -4.44. The van der Waals surface area contributed by atoms with E-state index in [1.165, 1.54) is 24.9 Å². The van der Waals surface area contributed by atoms with Gasteiger partial charge in [-0.2, -0.15) is 18.3 Å². The number of nitrogens with one attached hydrogen (secondary N) is 1. The fraction of sp³-hybridized carbons (Fsp3) is 0.357. The van der Waals surface area contributed by atoms with Crippen molar-refractivity contribution in [2.24, 2.45) is 7.05 Å². The van der Waals surface area contributed by atoms with E-state index in [4.69, 9.17) is 4.74 Å². The molecule has 0 bridgehead atoms. The first kappa shape index (κ1) is 19.1. The Morgan fingerprint density at radius 1 is 1.26 bits per heavy atom. The molecule has 0 saturated heterocycles. The first-order valence-electron chi connectivity index (χ1n) is 6.48. The largest absolute Gasteiger partial charge is 0.504 e. The van der Waals surface area contributed by atoms with Gasteiger partial charge >= 0.3 is 6.18 Å². The van der Waals surface area contributed by atoms with Crippen LogP contribution in [0.3, 0.4) is 0 Å². The molecule has 0 atom stereocenters. The van der Waals surface area contributed by atoms with Crippen LogP contribution in [0.5, 0.6) is 11.5 Å². The summed E-state index contributed by atoms with van der Waals surface area (Å²) in [7, 11) is 2.91. The van der Waals surface area contributed by atoms with Crippen LogP contribution in [-0.2, 0) is 26.3 Å². The van der Waals surface area contributed by atoms with Crippen molar-refractivity contribution in [3.8, 4) is 11.5 Å². The van der Waals surface area contributed by atoms with Crippen LogP contribution in [-0.4, -0.2) is 22.0 Å². The van der Waals surface area contributed by atoms with Gasteiger partial charge in [-0.25, -0.2) is 0 Å². The van der Waals surface area contributed by atoms with Crippen LogP contribution >= 0.6 is 12.4 Å². The van der Waals surface area contributed by atoms with Crippen molar-refractivity contribution >= 4 is 12.4 Å². The Labute approximate surface area is 137 Å². The molecule has 0 unspecified atom stereocenters. The highest BCUT2D eigenvalue weighted by Crippen LogP contribution is 2.28. The minimum absolute atomic E-state index is 0. The molecule has 2 N–H and O–H groups in total. The van der Waals surface area contributed by atoms with Crippen molar-refractivity contribution in [3.05, 3.63) is 41.2 Å². The number of aromatic hydroxyl groups is 1. The van der Waals surface area contributed by atoms with Crippen LogP contribution < -0.4 is 10.1 Å². The van der Waals surface area contributed by atoms with E-state index in [0.717, 1.165) is 11.6 Å². The number of ether oxygens (including phenoxy) is 1. The van der Waals surface area contributed by atoms with E-state index in [2.05, 4.69) is 10.4 Å². The molecule has 9 heteroatoms. The fourth-order valence-electron chi connectivity index (χ4n) is 1.98. The standard InChI is InChI=1S/C14H16F3N3O2.ClH/c1-20-10(6-13(19-20)14(15,16)17)8-18-7-9-3-4-11(21)12(5-9)22-2;/h3-6,18,21H,7-8H2,1-2H3;1H. The van der Waals surface area contributed by atoms with Crippen LogP contribution in [0.2, 0.25) is 0 Å². The normalized spacial score (nSPS) is 11.2. The highest BCUT2D eigenvalue weighted by atomic mass is 35.5. The molecular formula is C14H17ClF3N3O2. The van der Waals surface area contributed by atoms with Crippen LogP contribution in [0.25, 0.3) is 0 Å². The lowest BCUT2D eigenvalue weighted by Gasteiger charge is -2.08. The Morgan fingerprint density at radius 2 is 1.96 bits per heavy atom. The number of phenols is 1. The van der Waals surface area contributed by atoms with E-state index < -0.39 is 11.9 Å². The zero-order valence-electron chi connectivity index (χ0n) is 12.5. The summed E-state index contributed by atoms with van der Waals surface area (Å²) in [4.78, 5) is 0. The average Bonchev–Trinajstić information content (AvgIpc) is 2.82. The highest BCUT2D eigenvalue weighted by molar-refractivity contribution is 5.85. The lowest BCUT2D eigenvalue weighted by atomic mass is 10.2. The molecule has 0 spiro atoms. The summed E-state index contributed by atoms with van der Waals surface area (Å²) in [5.41, 5.74) is 0.365. The molecule has 128 valence electrons. The minimum Gasteiger partial charge on any atom is -0.504 e. The number of phenolic OH excluding ortho intramolecular Hbond substituents is 1. The van der Waals surface area contributed by atoms with Gasteiger partial charge in [0.15, 0.2) is 17.2 Å². The molecule has 0 saturated carbocycles. The molecule has 5 nitrogen and oxygen atoms in total. The Morgan fingerprint density at radius 3 is 2.52 bits per heavy atom. The Hall–Kier alpha value is -1.93. The maximum atomic E-state index is 12.6. The smallest absolute Gasteiger partial charge is 0.435 e. The number of benzene rings is 1. The molecule has 2 rings (SSSR count). The molecule has 0 amide bonds. The van der Waals surface area contributed by atoms with Crippen molar-refractivity contribution in [3.63, 3.8) is 0 Å². The molecule has 0 radical (unpaired) electrons. The Balaban J connectivity index is 0.00000264. The minimum atomic E-state index is -4.44. The van der Waals surface area contributed by atoms with E-state index in [1.54, 1.807) is 12.1 Å². The van der Waals surface area contributed by atoms with E-state index >= 15 is 0 Å². The van der Waals surface area contributed by atoms with E-state index in [9.17, 15) is 18.3 Å². The third kappa shape index (κ3) is 4.77. The topological polar surface area (TPSA) is 59.3 Å². The molecule has 0 aliphatic rings. The molecule has 0 fully saturated rings. The molecule has 23 heavy (non-hydrogen) atoms. The number of methoxy groups -OCH3 is 1. The highest BCUT2D eigenvalue weighted by Gasteiger charge is 2.34. The second kappa shape index (κ2) is 7.56. The molecule has 1 aromatic heterocycles. The first-order chi connectivity index (χ1) is 10.3. The number of hydrogen-bond donors (Lipinski definition) is 2. The maximum absolute atomic E-state index is 12.6. The number of hydrogen-bond acceptors (Lipinski definition) is 4. The average molecular weight is 352 g/mol. The van der Waals surface area contributed by atoms with Gasteiger partial charge in [0, 0.05) is 20.1 Å². The van der Waals surface area contributed by atoms with Gasteiger partial charge in [-0.05, 0) is 23.8 Å². The van der Waals surface area contributed by atoms with E-state index in [1.807, 2.05) is 0 Å². The van der Waals surface area contributed by atoms with Crippen molar-refractivity contribution in [1.29, 1.82) is 0 Å². The number of rotatable bonds is 5. The van der Waals surface area contributed by atoms with Gasteiger partial charge in [0.1, 0.15) is 0 Å². The molecule has 1 heterocycles. The van der Waals surface area contributed by atoms with Gasteiger partial charge in [0.25, 0.3) is 0 Å². The predicted molar refractivity (Wildman–Crippen MR) is 80.7 cm³/mol. The van der Waals surface area contributed by atoms with Crippen LogP contribution in [0.1, 0.15) is 17.0 Å². The summed E-state index contributed by atoms with van der Waals surface area (Å²) >= 11 is 0. The van der Waals surface area contributed by atoms with Gasteiger partial charge in [0.05, 0.1) is 12.8 Å². The summed E-state index contributed by atoms with van der Waals surface area (Å²) in [6.45, 7) is 0.659. The third-order valence-corrected chi connectivity index (χ3v) is 3.15. The molecule has 0 aliphatic carbocycles. The van der Waals surface area contributed by atoms with Crippen LogP contribution in [0.15, 0.2) is 24.3 Å².